The van der Waals surface area contributed by atoms with Crippen LogP contribution < -0.4 is 10.6 Å². The van der Waals surface area contributed by atoms with E-state index in [9.17, 15) is 4.79 Å². The molecule has 0 aromatic heterocycles. The topological polar surface area (TPSA) is 56.7 Å². The second kappa shape index (κ2) is 13.0. The summed E-state index contributed by atoms with van der Waals surface area (Å²) in [5.74, 6) is 1.73. The standard InChI is InChI=1S/C16H32N4O.HI/c1-4-11-17-16(19-13-15(21)20(2)3)18-12-7-10-14-8-5-6-9-14;/h14H,4-13H2,1-3H3,(H2,17,18,19);1H. The molecule has 0 radical (unpaired) electrons. The van der Waals surface area contributed by atoms with Crippen LogP contribution in [-0.4, -0.2) is 50.5 Å². The number of hydrogen-bond acceptors (Lipinski definition) is 2. The quantitative estimate of drug-likeness (QED) is 0.273. The van der Waals surface area contributed by atoms with E-state index in [0.29, 0.717) is 0 Å². The molecule has 0 atom stereocenters. The van der Waals surface area contributed by atoms with E-state index in [-0.39, 0.29) is 36.4 Å². The number of amides is 1. The fraction of sp³-hybridized carbons (Fsp3) is 0.875. The Kier molecular flexibility index (Phi) is 12.6. The SMILES string of the molecule is CCCNC(=NCC(=O)N(C)C)NCCCC1CCCC1.I. The van der Waals surface area contributed by atoms with E-state index >= 15 is 0 Å². The van der Waals surface area contributed by atoms with Crippen LogP contribution in [0.1, 0.15) is 51.9 Å². The highest BCUT2D eigenvalue weighted by atomic mass is 127. The Balaban J connectivity index is 0.00000441. The molecular weight excluding hydrogens is 391 g/mol. The minimum Gasteiger partial charge on any atom is -0.356 e. The van der Waals surface area contributed by atoms with Gasteiger partial charge in [-0.1, -0.05) is 32.6 Å². The second-order valence-corrected chi connectivity index (χ2v) is 6.10. The molecule has 22 heavy (non-hydrogen) atoms. The summed E-state index contributed by atoms with van der Waals surface area (Å²) in [6.07, 6.45) is 9.18. The number of aliphatic imine (C=N–C) groups is 1. The number of nitrogens with zero attached hydrogens (tertiary/aromatic N) is 2. The molecule has 0 bridgehead atoms. The van der Waals surface area contributed by atoms with Gasteiger partial charge in [0, 0.05) is 27.2 Å². The van der Waals surface area contributed by atoms with Gasteiger partial charge in [-0.2, -0.15) is 0 Å². The lowest BCUT2D eigenvalue weighted by Gasteiger charge is -2.14. The van der Waals surface area contributed by atoms with Crippen molar-refractivity contribution in [3.63, 3.8) is 0 Å². The van der Waals surface area contributed by atoms with Gasteiger partial charge in [0.2, 0.25) is 5.91 Å². The van der Waals surface area contributed by atoms with Crippen LogP contribution >= 0.6 is 24.0 Å². The molecule has 0 aromatic carbocycles. The predicted molar refractivity (Wildman–Crippen MR) is 104 cm³/mol. The predicted octanol–water partition coefficient (Wildman–Crippen LogP) is 2.61. The number of rotatable bonds is 8. The van der Waals surface area contributed by atoms with E-state index in [1.54, 1.807) is 19.0 Å². The number of halogens is 1. The van der Waals surface area contributed by atoms with Crippen molar-refractivity contribution in [3.05, 3.63) is 0 Å². The highest BCUT2D eigenvalue weighted by Gasteiger charge is 2.14. The Hall–Kier alpha value is -0.530. The van der Waals surface area contributed by atoms with Gasteiger partial charge < -0.3 is 15.5 Å². The third kappa shape index (κ3) is 9.48. The molecule has 1 rings (SSSR count). The first-order chi connectivity index (χ1) is 10.1. The van der Waals surface area contributed by atoms with Gasteiger partial charge in [-0.05, 0) is 25.2 Å². The molecule has 0 saturated heterocycles. The molecule has 0 spiro atoms. The van der Waals surface area contributed by atoms with Crippen molar-refractivity contribution in [1.82, 2.24) is 15.5 Å². The molecule has 6 heteroatoms. The van der Waals surface area contributed by atoms with Gasteiger partial charge in [0.1, 0.15) is 6.54 Å². The maximum atomic E-state index is 11.6. The number of carbonyl (C=O) groups is 1. The number of carbonyl (C=O) groups excluding carboxylic acids is 1. The molecule has 1 aliphatic rings. The Morgan fingerprint density at radius 2 is 1.82 bits per heavy atom. The van der Waals surface area contributed by atoms with Gasteiger partial charge in [-0.15, -0.1) is 24.0 Å². The van der Waals surface area contributed by atoms with Crippen LogP contribution in [0, 0.1) is 5.92 Å². The highest BCUT2D eigenvalue weighted by molar-refractivity contribution is 14.0. The Morgan fingerprint density at radius 1 is 1.18 bits per heavy atom. The normalized spacial score (nSPS) is 15.3. The van der Waals surface area contributed by atoms with Crippen molar-refractivity contribution in [3.8, 4) is 0 Å². The Labute approximate surface area is 152 Å². The Bertz CT molecular complexity index is 328. The highest BCUT2D eigenvalue weighted by Crippen LogP contribution is 2.28. The monoisotopic (exact) mass is 424 g/mol. The molecular formula is C16H33IN4O. The van der Waals surface area contributed by atoms with Crippen LogP contribution in [-0.2, 0) is 4.79 Å². The summed E-state index contributed by atoms with van der Waals surface area (Å²) in [5, 5.41) is 6.60. The van der Waals surface area contributed by atoms with Crippen molar-refractivity contribution < 1.29 is 4.79 Å². The van der Waals surface area contributed by atoms with Crippen LogP contribution in [0.5, 0.6) is 0 Å². The average Bonchev–Trinajstić information content (AvgIpc) is 2.98. The molecule has 0 aliphatic heterocycles. The summed E-state index contributed by atoms with van der Waals surface area (Å²) in [4.78, 5) is 17.5. The number of hydrogen-bond donors (Lipinski definition) is 2. The van der Waals surface area contributed by atoms with Crippen molar-refractivity contribution in [2.75, 3.05) is 33.7 Å². The summed E-state index contributed by atoms with van der Waals surface area (Å²) in [7, 11) is 3.51. The van der Waals surface area contributed by atoms with E-state index in [0.717, 1.165) is 31.4 Å². The average molecular weight is 424 g/mol. The lowest BCUT2D eigenvalue weighted by Crippen LogP contribution is -2.39. The molecule has 1 saturated carbocycles. The number of guanidine groups is 1. The zero-order valence-electron chi connectivity index (χ0n) is 14.4. The Morgan fingerprint density at radius 3 is 2.41 bits per heavy atom. The minimum atomic E-state index is 0. The van der Waals surface area contributed by atoms with Crippen molar-refractivity contribution >= 4 is 35.8 Å². The lowest BCUT2D eigenvalue weighted by atomic mass is 10.0. The van der Waals surface area contributed by atoms with Crippen LogP contribution in [0.3, 0.4) is 0 Å². The van der Waals surface area contributed by atoms with Crippen LogP contribution in [0.2, 0.25) is 0 Å². The number of likely N-dealkylation sites (N-methyl/N-ethyl adjacent to an activating group) is 1. The molecule has 1 aliphatic carbocycles. The molecule has 0 heterocycles. The molecule has 130 valence electrons. The first-order valence-corrected chi connectivity index (χ1v) is 8.35. The molecule has 2 N–H and O–H groups in total. The molecule has 1 amide bonds. The summed E-state index contributed by atoms with van der Waals surface area (Å²) in [6.45, 7) is 4.14. The van der Waals surface area contributed by atoms with Gasteiger partial charge in [0.15, 0.2) is 5.96 Å². The molecule has 0 unspecified atom stereocenters. The fourth-order valence-corrected chi connectivity index (χ4v) is 2.60. The van der Waals surface area contributed by atoms with Gasteiger partial charge >= 0.3 is 0 Å². The zero-order chi connectivity index (χ0) is 15.5. The summed E-state index contributed by atoms with van der Waals surface area (Å²) in [5.41, 5.74) is 0. The van der Waals surface area contributed by atoms with E-state index in [2.05, 4.69) is 22.5 Å². The van der Waals surface area contributed by atoms with Gasteiger partial charge in [0.25, 0.3) is 0 Å². The minimum absolute atomic E-state index is 0. The maximum absolute atomic E-state index is 11.6. The van der Waals surface area contributed by atoms with E-state index in [4.69, 9.17) is 0 Å². The fourth-order valence-electron chi connectivity index (χ4n) is 2.60. The van der Waals surface area contributed by atoms with Crippen molar-refractivity contribution in [1.29, 1.82) is 0 Å². The molecule has 1 fully saturated rings. The molecule has 0 aromatic rings. The van der Waals surface area contributed by atoms with E-state index in [1.165, 1.54) is 38.5 Å². The van der Waals surface area contributed by atoms with Crippen LogP contribution in [0.25, 0.3) is 0 Å². The van der Waals surface area contributed by atoms with E-state index < -0.39 is 0 Å². The van der Waals surface area contributed by atoms with E-state index in [1.807, 2.05) is 0 Å². The largest absolute Gasteiger partial charge is 0.356 e. The van der Waals surface area contributed by atoms with Gasteiger partial charge in [-0.25, -0.2) is 4.99 Å². The van der Waals surface area contributed by atoms with Crippen LogP contribution in [0.4, 0.5) is 0 Å². The van der Waals surface area contributed by atoms with Crippen LogP contribution in [0.15, 0.2) is 4.99 Å². The zero-order valence-corrected chi connectivity index (χ0v) is 16.7. The van der Waals surface area contributed by atoms with Crippen molar-refractivity contribution in [2.45, 2.75) is 51.9 Å². The van der Waals surface area contributed by atoms with Gasteiger partial charge in [0.05, 0.1) is 0 Å². The first kappa shape index (κ1) is 21.5. The first-order valence-electron chi connectivity index (χ1n) is 8.35. The summed E-state index contributed by atoms with van der Waals surface area (Å²) in [6, 6.07) is 0. The van der Waals surface area contributed by atoms with Crippen molar-refractivity contribution in [2.24, 2.45) is 10.9 Å². The number of nitrogens with one attached hydrogen (secondary N) is 2. The second-order valence-electron chi connectivity index (χ2n) is 6.10. The molecule has 5 nitrogen and oxygen atoms in total. The van der Waals surface area contributed by atoms with Gasteiger partial charge in [-0.3, -0.25) is 4.79 Å². The summed E-state index contributed by atoms with van der Waals surface area (Å²) >= 11 is 0. The lowest BCUT2D eigenvalue weighted by molar-refractivity contribution is -0.127. The third-order valence-corrected chi connectivity index (χ3v) is 3.97. The maximum Gasteiger partial charge on any atom is 0.243 e. The smallest absolute Gasteiger partial charge is 0.243 e. The summed E-state index contributed by atoms with van der Waals surface area (Å²) < 4.78 is 0. The third-order valence-electron chi connectivity index (χ3n) is 3.97.